The SMILES string of the molecule is Cc1nn(-c2cccc(C(CC(=O)OC(C)(C)C)CN3CCC(CCc4ccc5cccnc5n4)C3)c2)c(C)c1F. The molecule has 3 aromatic heterocycles. The lowest BCUT2D eigenvalue weighted by Gasteiger charge is -2.26. The van der Waals surface area contributed by atoms with Crippen molar-refractivity contribution in [3.63, 3.8) is 0 Å². The van der Waals surface area contributed by atoms with E-state index in [0.717, 1.165) is 66.9 Å². The predicted molar refractivity (Wildman–Crippen MR) is 159 cm³/mol. The van der Waals surface area contributed by atoms with Gasteiger partial charge in [0.25, 0.3) is 0 Å². The summed E-state index contributed by atoms with van der Waals surface area (Å²) in [5.74, 6) is 0.0109. The van der Waals surface area contributed by atoms with Crippen molar-refractivity contribution < 1.29 is 13.9 Å². The van der Waals surface area contributed by atoms with Crippen LogP contribution in [0.1, 0.15) is 68.6 Å². The molecule has 216 valence electrons. The van der Waals surface area contributed by atoms with Crippen LogP contribution in [0.25, 0.3) is 16.7 Å². The fourth-order valence-electron chi connectivity index (χ4n) is 5.77. The van der Waals surface area contributed by atoms with Crippen LogP contribution < -0.4 is 0 Å². The van der Waals surface area contributed by atoms with Gasteiger partial charge in [0.1, 0.15) is 5.60 Å². The van der Waals surface area contributed by atoms with Gasteiger partial charge in [0, 0.05) is 36.3 Å². The highest BCUT2D eigenvalue weighted by atomic mass is 19.1. The van der Waals surface area contributed by atoms with Crippen molar-refractivity contribution in [1.82, 2.24) is 24.6 Å². The fraction of sp³-hybridized carbons (Fsp3) is 0.455. The number of rotatable bonds is 9. The molecule has 0 radical (unpaired) electrons. The number of aromatic nitrogens is 4. The molecule has 5 rings (SSSR count). The summed E-state index contributed by atoms with van der Waals surface area (Å²) in [5, 5.41) is 5.46. The number of benzene rings is 1. The molecule has 4 aromatic rings. The van der Waals surface area contributed by atoms with Crippen LogP contribution in [0, 0.1) is 25.6 Å². The largest absolute Gasteiger partial charge is 0.460 e. The lowest BCUT2D eigenvalue weighted by Crippen LogP contribution is -2.30. The molecule has 0 saturated carbocycles. The number of pyridine rings is 2. The first-order valence-corrected chi connectivity index (χ1v) is 14.5. The molecular formula is C33H40FN5O2. The van der Waals surface area contributed by atoms with Gasteiger partial charge in [0.15, 0.2) is 11.5 Å². The number of carbonyl (C=O) groups is 1. The Balaban J connectivity index is 1.28. The van der Waals surface area contributed by atoms with Gasteiger partial charge in [-0.25, -0.2) is 19.0 Å². The summed E-state index contributed by atoms with van der Waals surface area (Å²) >= 11 is 0. The van der Waals surface area contributed by atoms with Crippen molar-refractivity contribution in [3.8, 4) is 5.69 Å². The van der Waals surface area contributed by atoms with Crippen LogP contribution >= 0.6 is 0 Å². The van der Waals surface area contributed by atoms with Gasteiger partial charge in [-0.1, -0.05) is 12.1 Å². The van der Waals surface area contributed by atoms with Gasteiger partial charge in [0.2, 0.25) is 0 Å². The molecule has 1 aliphatic rings. The maximum absolute atomic E-state index is 14.4. The van der Waals surface area contributed by atoms with Gasteiger partial charge in [-0.05, 0) is 108 Å². The molecule has 1 saturated heterocycles. The van der Waals surface area contributed by atoms with Gasteiger partial charge in [0.05, 0.1) is 23.5 Å². The molecule has 41 heavy (non-hydrogen) atoms. The lowest BCUT2D eigenvalue weighted by atomic mass is 9.94. The average molecular weight is 558 g/mol. The second-order valence-corrected chi connectivity index (χ2v) is 12.3. The smallest absolute Gasteiger partial charge is 0.306 e. The zero-order chi connectivity index (χ0) is 29.1. The van der Waals surface area contributed by atoms with E-state index in [1.807, 2.05) is 57.2 Å². The number of hydrogen-bond acceptors (Lipinski definition) is 6. The Morgan fingerprint density at radius 3 is 2.73 bits per heavy atom. The van der Waals surface area contributed by atoms with Crippen molar-refractivity contribution in [1.29, 1.82) is 0 Å². The Hall–Kier alpha value is -3.65. The molecule has 0 bridgehead atoms. The number of hydrogen-bond donors (Lipinski definition) is 0. The normalized spacial score (nSPS) is 16.8. The number of nitrogens with zero attached hydrogens (tertiary/aromatic N) is 5. The summed E-state index contributed by atoms with van der Waals surface area (Å²) in [4.78, 5) is 24.6. The van der Waals surface area contributed by atoms with E-state index >= 15 is 0 Å². The summed E-state index contributed by atoms with van der Waals surface area (Å²) in [5.41, 5.74) is 3.99. The van der Waals surface area contributed by atoms with Gasteiger partial charge in [-0.15, -0.1) is 0 Å². The molecule has 0 amide bonds. The zero-order valence-corrected chi connectivity index (χ0v) is 24.7. The fourth-order valence-corrected chi connectivity index (χ4v) is 5.77. The van der Waals surface area contributed by atoms with Crippen LogP contribution in [0.15, 0.2) is 54.7 Å². The van der Waals surface area contributed by atoms with Crippen molar-refractivity contribution in [3.05, 3.63) is 83.2 Å². The van der Waals surface area contributed by atoms with Crippen molar-refractivity contribution in [2.75, 3.05) is 19.6 Å². The minimum Gasteiger partial charge on any atom is -0.460 e. The minimum absolute atomic E-state index is 0.0569. The number of ether oxygens (including phenoxy) is 1. The van der Waals surface area contributed by atoms with Gasteiger partial charge in [-0.3, -0.25) is 4.79 Å². The maximum atomic E-state index is 14.4. The highest BCUT2D eigenvalue weighted by molar-refractivity contribution is 5.74. The van der Waals surface area contributed by atoms with Crippen molar-refractivity contribution in [2.24, 2.45) is 5.92 Å². The van der Waals surface area contributed by atoms with Crippen LogP contribution in [0.4, 0.5) is 4.39 Å². The second-order valence-electron chi connectivity index (χ2n) is 12.3. The first kappa shape index (κ1) is 28.9. The van der Waals surface area contributed by atoms with E-state index in [1.54, 1.807) is 24.7 Å². The first-order chi connectivity index (χ1) is 19.6. The predicted octanol–water partition coefficient (Wildman–Crippen LogP) is 6.34. The lowest BCUT2D eigenvalue weighted by molar-refractivity contribution is -0.155. The van der Waals surface area contributed by atoms with Crippen LogP contribution in [0.2, 0.25) is 0 Å². The standard InChI is InChI=1S/C33H40FN5O2/c1-22-31(34)23(2)39(37-22)29-10-6-8-26(18-29)27(19-30(40)41-33(3,4)5)21-38-17-15-24(20-38)11-13-28-14-12-25-9-7-16-35-32(25)36-28/h6-10,12,14,16,18,24,27H,11,13,15,17,19-21H2,1-5H3. The Kier molecular flexibility index (Phi) is 8.50. The zero-order valence-electron chi connectivity index (χ0n) is 24.7. The minimum atomic E-state index is -0.546. The molecule has 2 unspecified atom stereocenters. The van der Waals surface area contributed by atoms with Crippen molar-refractivity contribution in [2.45, 2.75) is 71.8 Å². The maximum Gasteiger partial charge on any atom is 0.306 e. The van der Waals surface area contributed by atoms with E-state index in [1.165, 1.54) is 0 Å². The van der Waals surface area contributed by atoms with Gasteiger partial charge in [-0.2, -0.15) is 5.10 Å². The highest BCUT2D eigenvalue weighted by Gasteiger charge is 2.28. The topological polar surface area (TPSA) is 73.1 Å². The van der Waals surface area contributed by atoms with E-state index in [9.17, 15) is 9.18 Å². The summed E-state index contributed by atoms with van der Waals surface area (Å²) < 4.78 is 21.8. The summed E-state index contributed by atoms with van der Waals surface area (Å²) in [6, 6.07) is 16.1. The molecule has 1 aromatic carbocycles. The Bertz CT molecular complexity index is 1530. The van der Waals surface area contributed by atoms with Crippen LogP contribution in [0.3, 0.4) is 0 Å². The number of aryl methyl sites for hydroxylation is 2. The van der Waals surface area contributed by atoms with E-state index in [2.05, 4.69) is 27.1 Å². The first-order valence-electron chi connectivity index (χ1n) is 14.5. The second kappa shape index (κ2) is 12.1. The molecule has 8 heteroatoms. The molecule has 1 fully saturated rings. The van der Waals surface area contributed by atoms with E-state index in [0.29, 0.717) is 17.3 Å². The number of likely N-dealkylation sites (tertiary alicyclic amines) is 1. The van der Waals surface area contributed by atoms with Crippen molar-refractivity contribution >= 4 is 17.0 Å². The Morgan fingerprint density at radius 2 is 1.98 bits per heavy atom. The third-order valence-corrected chi connectivity index (χ3v) is 7.80. The van der Waals surface area contributed by atoms with Gasteiger partial charge < -0.3 is 9.64 Å². The van der Waals surface area contributed by atoms with E-state index in [4.69, 9.17) is 9.72 Å². The average Bonchev–Trinajstić information content (AvgIpc) is 3.49. The van der Waals surface area contributed by atoms with Crippen LogP contribution in [0.5, 0.6) is 0 Å². The number of carbonyl (C=O) groups excluding carboxylic acids is 1. The number of esters is 1. The third kappa shape index (κ3) is 7.17. The van der Waals surface area contributed by atoms with E-state index in [-0.39, 0.29) is 24.1 Å². The molecule has 0 spiro atoms. The molecular weight excluding hydrogens is 517 g/mol. The monoisotopic (exact) mass is 557 g/mol. The number of fused-ring (bicyclic) bond motifs is 1. The molecule has 0 N–H and O–H groups in total. The Labute approximate surface area is 241 Å². The quantitative estimate of drug-likeness (QED) is 0.224. The molecule has 0 aliphatic carbocycles. The third-order valence-electron chi connectivity index (χ3n) is 7.80. The van der Waals surface area contributed by atoms with Crippen LogP contribution in [-0.4, -0.2) is 55.9 Å². The van der Waals surface area contributed by atoms with Crippen LogP contribution in [-0.2, 0) is 16.0 Å². The molecule has 1 aliphatic heterocycles. The number of halogens is 1. The molecule has 2 atom stereocenters. The van der Waals surface area contributed by atoms with E-state index < -0.39 is 5.60 Å². The highest BCUT2D eigenvalue weighted by Crippen LogP contribution is 2.29. The Morgan fingerprint density at radius 1 is 1.15 bits per heavy atom. The van der Waals surface area contributed by atoms with Gasteiger partial charge >= 0.3 is 5.97 Å². The summed E-state index contributed by atoms with van der Waals surface area (Å²) in [6.45, 7) is 11.8. The summed E-state index contributed by atoms with van der Waals surface area (Å²) in [6.07, 6.45) is 5.18. The molecule has 7 nitrogen and oxygen atoms in total. The molecule has 4 heterocycles. The summed E-state index contributed by atoms with van der Waals surface area (Å²) in [7, 11) is 0.